The number of benzene rings is 2. The molecule has 256 valence electrons. The van der Waals surface area contributed by atoms with Crippen molar-refractivity contribution in [3.05, 3.63) is 95.0 Å². The number of methoxy groups -OCH3 is 2. The minimum atomic E-state index is -4.42. The Balaban J connectivity index is 1.38. The van der Waals surface area contributed by atoms with Gasteiger partial charge in [0.05, 0.1) is 37.5 Å². The Kier molecular flexibility index (Phi) is 10.7. The van der Waals surface area contributed by atoms with Crippen molar-refractivity contribution in [3.63, 3.8) is 0 Å². The maximum Gasteiger partial charge on any atom is 0.416 e. The first kappa shape index (κ1) is 35.2. The van der Waals surface area contributed by atoms with Crippen LogP contribution in [0.25, 0.3) is 0 Å². The third-order valence-electron chi connectivity index (χ3n) is 8.37. The SMILES string of the molecule is COc1ccc(CN(c2ccncn2)S(=O)(=O)c2cnc(O[C@H]3CC[C@H](c4cccc(C(F)(F)F)c4)C[C@@H]3N(C)C)cc2Cl)c(OC)c1. The third-order valence-corrected chi connectivity index (χ3v) is 10.6. The summed E-state index contributed by atoms with van der Waals surface area (Å²) in [6.07, 6.45) is 0.712. The molecule has 1 saturated carbocycles. The van der Waals surface area contributed by atoms with Crippen molar-refractivity contribution >= 4 is 27.4 Å². The second-order valence-electron chi connectivity index (χ2n) is 11.5. The minimum absolute atomic E-state index is 0.0966. The van der Waals surface area contributed by atoms with Gasteiger partial charge in [0.25, 0.3) is 10.0 Å². The Morgan fingerprint density at radius 1 is 1.00 bits per heavy atom. The molecule has 3 atom stereocenters. The van der Waals surface area contributed by atoms with Gasteiger partial charge in [-0.05, 0) is 63.0 Å². The van der Waals surface area contributed by atoms with E-state index in [0.29, 0.717) is 41.9 Å². The molecule has 2 aromatic carbocycles. The summed E-state index contributed by atoms with van der Waals surface area (Å²) in [6, 6.07) is 13.1. The predicted molar refractivity (Wildman–Crippen MR) is 174 cm³/mol. The van der Waals surface area contributed by atoms with E-state index in [1.807, 2.05) is 19.0 Å². The topological polar surface area (TPSA) is 107 Å². The molecule has 1 aliphatic rings. The van der Waals surface area contributed by atoms with E-state index in [4.69, 9.17) is 25.8 Å². The van der Waals surface area contributed by atoms with E-state index in [1.54, 1.807) is 24.3 Å². The fourth-order valence-corrected chi connectivity index (χ4v) is 7.68. The zero-order chi connectivity index (χ0) is 34.6. The van der Waals surface area contributed by atoms with E-state index in [-0.39, 0.29) is 46.2 Å². The number of hydrogen-bond acceptors (Lipinski definition) is 9. The molecule has 15 heteroatoms. The predicted octanol–water partition coefficient (Wildman–Crippen LogP) is 6.60. The van der Waals surface area contributed by atoms with Crippen LogP contribution in [0.1, 0.15) is 41.9 Å². The van der Waals surface area contributed by atoms with E-state index in [9.17, 15) is 21.6 Å². The lowest BCUT2D eigenvalue weighted by atomic mass is 9.79. The number of hydrogen-bond donors (Lipinski definition) is 0. The summed E-state index contributed by atoms with van der Waals surface area (Å²) >= 11 is 6.62. The van der Waals surface area contributed by atoms with Crippen molar-refractivity contribution in [2.75, 3.05) is 32.6 Å². The first-order valence-electron chi connectivity index (χ1n) is 15.0. The zero-order valence-corrected chi connectivity index (χ0v) is 28.3. The molecule has 0 bridgehead atoms. The summed E-state index contributed by atoms with van der Waals surface area (Å²) < 4.78 is 86.5. The van der Waals surface area contributed by atoms with Crippen LogP contribution in [-0.2, 0) is 22.7 Å². The average molecular weight is 706 g/mol. The Morgan fingerprint density at radius 2 is 1.79 bits per heavy atom. The van der Waals surface area contributed by atoms with Crippen molar-refractivity contribution < 1.29 is 35.8 Å². The second kappa shape index (κ2) is 14.5. The summed E-state index contributed by atoms with van der Waals surface area (Å²) in [7, 11) is 2.42. The van der Waals surface area contributed by atoms with Gasteiger partial charge >= 0.3 is 6.18 Å². The molecule has 1 fully saturated rings. The van der Waals surface area contributed by atoms with Gasteiger partial charge in [-0.2, -0.15) is 13.2 Å². The smallest absolute Gasteiger partial charge is 0.416 e. The molecule has 5 rings (SSSR count). The lowest BCUT2D eigenvalue weighted by Gasteiger charge is -2.39. The normalized spacial score (nSPS) is 18.4. The van der Waals surface area contributed by atoms with Gasteiger partial charge in [0.15, 0.2) is 0 Å². The monoisotopic (exact) mass is 705 g/mol. The zero-order valence-electron chi connectivity index (χ0n) is 26.7. The van der Waals surface area contributed by atoms with Crippen LogP contribution in [0.2, 0.25) is 5.02 Å². The number of ether oxygens (including phenoxy) is 3. The molecule has 2 heterocycles. The molecule has 0 spiro atoms. The number of likely N-dealkylation sites (N-methyl/N-ethyl adjacent to an activating group) is 1. The van der Waals surface area contributed by atoms with Gasteiger partial charge in [-0.25, -0.2) is 27.7 Å². The molecule has 2 aromatic heterocycles. The van der Waals surface area contributed by atoms with E-state index < -0.39 is 21.8 Å². The van der Waals surface area contributed by atoms with Crippen LogP contribution in [0.4, 0.5) is 19.0 Å². The van der Waals surface area contributed by atoms with Gasteiger partial charge < -0.3 is 19.1 Å². The van der Waals surface area contributed by atoms with Gasteiger partial charge in [0.2, 0.25) is 5.88 Å². The lowest BCUT2D eigenvalue weighted by Crippen LogP contribution is -2.46. The van der Waals surface area contributed by atoms with E-state index in [2.05, 4.69) is 15.0 Å². The van der Waals surface area contributed by atoms with E-state index in [1.165, 1.54) is 51.0 Å². The van der Waals surface area contributed by atoms with Crippen molar-refractivity contribution in [1.29, 1.82) is 0 Å². The van der Waals surface area contributed by atoms with E-state index in [0.717, 1.165) is 16.6 Å². The molecule has 0 saturated heterocycles. The minimum Gasteiger partial charge on any atom is -0.497 e. The van der Waals surface area contributed by atoms with Crippen molar-refractivity contribution in [2.24, 2.45) is 0 Å². The molecule has 4 aromatic rings. The molecule has 10 nitrogen and oxygen atoms in total. The fraction of sp³-hybridized carbons (Fsp3) is 0.364. The van der Waals surface area contributed by atoms with Crippen LogP contribution in [-0.4, -0.2) is 68.7 Å². The Bertz CT molecular complexity index is 1830. The van der Waals surface area contributed by atoms with Crippen molar-refractivity contribution in [3.8, 4) is 17.4 Å². The molecule has 0 amide bonds. The largest absolute Gasteiger partial charge is 0.497 e. The highest BCUT2D eigenvalue weighted by Gasteiger charge is 2.37. The van der Waals surface area contributed by atoms with Gasteiger partial charge in [-0.1, -0.05) is 29.8 Å². The number of rotatable bonds is 11. The quantitative estimate of drug-likeness (QED) is 0.171. The number of aromatic nitrogens is 3. The van der Waals surface area contributed by atoms with Crippen LogP contribution in [0.3, 0.4) is 0 Å². The molecule has 0 radical (unpaired) electrons. The fourth-order valence-electron chi connectivity index (χ4n) is 5.86. The highest BCUT2D eigenvalue weighted by atomic mass is 35.5. The highest BCUT2D eigenvalue weighted by Crippen LogP contribution is 2.39. The van der Waals surface area contributed by atoms with Gasteiger partial charge in [0, 0.05) is 36.0 Å². The molecular formula is C33H35ClF3N5O5S. The Labute approximate surface area is 282 Å². The molecule has 0 N–H and O–H groups in total. The summed E-state index contributed by atoms with van der Waals surface area (Å²) in [4.78, 5) is 14.1. The van der Waals surface area contributed by atoms with Crippen LogP contribution in [0.5, 0.6) is 17.4 Å². The summed E-state index contributed by atoms with van der Waals surface area (Å²) in [6.45, 7) is -0.152. The van der Waals surface area contributed by atoms with Crippen LogP contribution in [0, 0.1) is 0 Å². The van der Waals surface area contributed by atoms with Gasteiger partial charge in [-0.3, -0.25) is 0 Å². The summed E-state index contributed by atoms with van der Waals surface area (Å²) in [5, 5.41) is -0.111. The summed E-state index contributed by atoms with van der Waals surface area (Å²) in [5.41, 5.74) is 0.501. The van der Waals surface area contributed by atoms with Crippen LogP contribution in [0.15, 0.2) is 78.2 Å². The maximum absolute atomic E-state index is 14.1. The van der Waals surface area contributed by atoms with Crippen LogP contribution < -0.4 is 18.5 Å². The number of pyridine rings is 1. The lowest BCUT2D eigenvalue weighted by molar-refractivity contribution is -0.137. The molecule has 48 heavy (non-hydrogen) atoms. The number of nitrogens with zero attached hydrogens (tertiary/aromatic N) is 5. The first-order chi connectivity index (χ1) is 22.8. The number of alkyl halides is 3. The van der Waals surface area contributed by atoms with Gasteiger partial charge in [-0.15, -0.1) is 0 Å². The number of halogens is 4. The summed E-state index contributed by atoms with van der Waals surface area (Å²) in [5.74, 6) is 1.08. The molecule has 0 unspecified atom stereocenters. The molecular weight excluding hydrogens is 671 g/mol. The Hall–Kier alpha value is -4.14. The standard InChI is InChI=1S/C33H35ClF3N5O5S/c1-41(2)27-15-22(21-6-5-7-24(14-21)33(35,36)37)9-11-28(27)47-32-17-26(34)30(18-39-32)48(43,44)42(31-12-13-38-20-40-31)19-23-8-10-25(45-3)16-29(23)46-4/h5-8,10,12-14,16-18,20,22,27-28H,9,11,15,19H2,1-4H3/t22-,27-,28-/m0/s1. The molecule has 1 aliphatic carbocycles. The van der Waals surface area contributed by atoms with Gasteiger partial charge in [0.1, 0.15) is 34.6 Å². The Morgan fingerprint density at radius 3 is 2.44 bits per heavy atom. The van der Waals surface area contributed by atoms with Crippen LogP contribution >= 0.6 is 11.6 Å². The van der Waals surface area contributed by atoms with Crippen molar-refractivity contribution in [2.45, 2.75) is 54.9 Å². The molecule has 0 aliphatic heterocycles. The third kappa shape index (κ3) is 7.77. The van der Waals surface area contributed by atoms with E-state index >= 15 is 0 Å². The second-order valence-corrected chi connectivity index (χ2v) is 13.8. The highest BCUT2D eigenvalue weighted by molar-refractivity contribution is 7.92. The average Bonchev–Trinajstić information content (AvgIpc) is 3.07. The maximum atomic E-state index is 14.1. The number of anilines is 1. The first-order valence-corrected chi connectivity index (χ1v) is 16.8. The van der Waals surface area contributed by atoms with Crippen molar-refractivity contribution in [1.82, 2.24) is 19.9 Å². The number of sulfonamides is 1.